The fourth-order valence-corrected chi connectivity index (χ4v) is 2.31. The van der Waals surface area contributed by atoms with Gasteiger partial charge in [-0.25, -0.2) is 9.37 Å². The summed E-state index contributed by atoms with van der Waals surface area (Å²) in [7, 11) is 0. The summed E-state index contributed by atoms with van der Waals surface area (Å²) in [6.45, 7) is 4.28. The van der Waals surface area contributed by atoms with Crippen LogP contribution in [0.15, 0.2) is 54.6 Å². The highest BCUT2D eigenvalue weighted by molar-refractivity contribution is 5.57. The molecule has 0 spiro atoms. The Morgan fingerprint density at radius 1 is 0.958 bits per heavy atom. The van der Waals surface area contributed by atoms with E-state index < -0.39 is 0 Å². The highest BCUT2D eigenvalue weighted by Crippen LogP contribution is 2.18. The van der Waals surface area contributed by atoms with E-state index in [-0.39, 0.29) is 5.82 Å². The molecule has 2 aromatic carbocycles. The van der Waals surface area contributed by atoms with Crippen molar-refractivity contribution in [3.63, 3.8) is 0 Å². The van der Waals surface area contributed by atoms with E-state index >= 15 is 0 Å². The number of aromatic nitrogens is 2. The zero-order chi connectivity index (χ0) is 16.9. The minimum atomic E-state index is -0.240. The Morgan fingerprint density at radius 2 is 1.71 bits per heavy atom. The van der Waals surface area contributed by atoms with Gasteiger partial charge in [-0.1, -0.05) is 35.9 Å². The molecule has 0 fully saturated rings. The van der Waals surface area contributed by atoms with E-state index in [2.05, 4.69) is 20.6 Å². The second-order valence-corrected chi connectivity index (χ2v) is 5.65. The van der Waals surface area contributed by atoms with Crippen molar-refractivity contribution in [2.24, 2.45) is 0 Å². The molecule has 0 saturated carbocycles. The molecule has 0 bridgehead atoms. The van der Waals surface area contributed by atoms with Gasteiger partial charge >= 0.3 is 0 Å². The van der Waals surface area contributed by atoms with Crippen molar-refractivity contribution in [1.82, 2.24) is 9.97 Å². The maximum atomic E-state index is 13.7. The van der Waals surface area contributed by atoms with Gasteiger partial charge in [-0.15, -0.1) is 0 Å². The van der Waals surface area contributed by atoms with E-state index in [9.17, 15) is 4.39 Å². The lowest BCUT2D eigenvalue weighted by atomic mass is 10.2. The van der Waals surface area contributed by atoms with Crippen LogP contribution in [0.1, 0.15) is 16.8 Å². The molecular formula is C19H19FN4. The number of hydrogen-bond acceptors (Lipinski definition) is 4. The van der Waals surface area contributed by atoms with E-state index in [0.717, 1.165) is 11.4 Å². The summed E-state index contributed by atoms with van der Waals surface area (Å²) < 4.78 is 13.7. The van der Waals surface area contributed by atoms with E-state index in [1.807, 2.05) is 50.2 Å². The number of aryl methyl sites for hydroxylation is 2. The highest BCUT2D eigenvalue weighted by Gasteiger charge is 2.05. The first-order chi connectivity index (χ1) is 11.6. The van der Waals surface area contributed by atoms with Crippen LogP contribution in [0.3, 0.4) is 0 Å². The van der Waals surface area contributed by atoms with Crippen molar-refractivity contribution in [2.45, 2.75) is 20.4 Å². The van der Waals surface area contributed by atoms with Crippen LogP contribution in [0.25, 0.3) is 0 Å². The van der Waals surface area contributed by atoms with Gasteiger partial charge in [-0.2, -0.15) is 4.98 Å². The van der Waals surface area contributed by atoms with Crippen LogP contribution < -0.4 is 10.6 Å². The van der Waals surface area contributed by atoms with E-state index in [4.69, 9.17) is 0 Å². The molecule has 2 N–H and O–H groups in total. The Labute approximate surface area is 140 Å². The van der Waals surface area contributed by atoms with Gasteiger partial charge < -0.3 is 10.6 Å². The van der Waals surface area contributed by atoms with Crippen LogP contribution >= 0.6 is 0 Å². The van der Waals surface area contributed by atoms with Gasteiger partial charge in [-0.3, -0.25) is 0 Å². The number of nitrogens with zero attached hydrogens (tertiary/aromatic N) is 2. The fourth-order valence-electron chi connectivity index (χ4n) is 2.31. The van der Waals surface area contributed by atoms with Gasteiger partial charge in [0.05, 0.1) is 0 Å². The monoisotopic (exact) mass is 322 g/mol. The second-order valence-electron chi connectivity index (χ2n) is 5.65. The Bertz CT molecular complexity index is 831. The second kappa shape index (κ2) is 7.08. The summed E-state index contributed by atoms with van der Waals surface area (Å²) in [4.78, 5) is 8.79. The lowest BCUT2D eigenvalue weighted by Gasteiger charge is -2.10. The van der Waals surface area contributed by atoms with E-state index in [1.54, 1.807) is 12.1 Å². The van der Waals surface area contributed by atoms with Gasteiger partial charge in [0.15, 0.2) is 0 Å². The van der Waals surface area contributed by atoms with Crippen molar-refractivity contribution in [2.75, 3.05) is 10.6 Å². The molecule has 0 radical (unpaired) electrons. The highest BCUT2D eigenvalue weighted by atomic mass is 19.1. The van der Waals surface area contributed by atoms with Crippen molar-refractivity contribution >= 4 is 17.5 Å². The quantitative estimate of drug-likeness (QED) is 0.721. The molecule has 3 aromatic rings. The molecule has 3 rings (SSSR count). The molecule has 0 unspecified atom stereocenters. The third-order valence-electron chi connectivity index (χ3n) is 3.57. The maximum absolute atomic E-state index is 13.7. The minimum Gasteiger partial charge on any atom is -0.350 e. The lowest BCUT2D eigenvalue weighted by Crippen LogP contribution is -2.07. The van der Waals surface area contributed by atoms with Gasteiger partial charge in [0.1, 0.15) is 11.6 Å². The predicted octanol–water partition coefficient (Wildman–Crippen LogP) is 4.59. The topological polar surface area (TPSA) is 49.8 Å². The summed E-state index contributed by atoms with van der Waals surface area (Å²) in [5, 5.41) is 6.33. The Balaban J connectivity index is 1.74. The predicted molar refractivity (Wildman–Crippen MR) is 95.0 cm³/mol. The molecular weight excluding hydrogens is 303 g/mol. The van der Waals surface area contributed by atoms with Crippen molar-refractivity contribution in [1.29, 1.82) is 0 Å². The molecule has 0 saturated heterocycles. The molecule has 1 heterocycles. The zero-order valence-corrected chi connectivity index (χ0v) is 13.7. The Hall–Kier alpha value is -2.95. The fraction of sp³-hybridized carbons (Fsp3) is 0.158. The maximum Gasteiger partial charge on any atom is 0.225 e. The van der Waals surface area contributed by atoms with Crippen molar-refractivity contribution < 1.29 is 4.39 Å². The van der Waals surface area contributed by atoms with Crippen LogP contribution in [0.2, 0.25) is 0 Å². The number of benzene rings is 2. The molecule has 0 aliphatic carbocycles. The average molecular weight is 322 g/mol. The van der Waals surface area contributed by atoms with Gasteiger partial charge in [0.25, 0.3) is 0 Å². The summed E-state index contributed by atoms with van der Waals surface area (Å²) in [5.74, 6) is 0.922. The first-order valence-corrected chi connectivity index (χ1v) is 7.77. The molecule has 0 atom stereocenters. The molecule has 0 amide bonds. The first-order valence-electron chi connectivity index (χ1n) is 7.77. The SMILES string of the molecule is Cc1ccc(Nc2cc(C)nc(NCc3ccccc3F)n2)cc1. The molecule has 1 aromatic heterocycles. The third kappa shape index (κ3) is 4.07. The molecule has 5 heteroatoms. The summed E-state index contributed by atoms with van der Waals surface area (Å²) in [6.07, 6.45) is 0. The Kier molecular flexibility index (Phi) is 4.70. The molecule has 122 valence electrons. The van der Waals surface area contributed by atoms with Crippen LogP contribution in [0, 0.1) is 19.7 Å². The van der Waals surface area contributed by atoms with Crippen LogP contribution in [-0.4, -0.2) is 9.97 Å². The number of halogens is 1. The van der Waals surface area contributed by atoms with E-state index in [0.29, 0.717) is 23.9 Å². The van der Waals surface area contributed by atoms with Gasteiger partial charge in [-0.05, 0) is 32.0 Å². The largest absolute Gasteiger partial charge is 0.350 e. The molecule has 0 aliphatic rings. The summed E-state index contributed by atoms with van der Waals surface area (Å²) in [6, 6.07) is 16.6. The van der Waals surface area contributed by atoms with Gasteiger partial charge in [0, 0.05) is 29.6 Å². The minimum absolute atomic E-state index is 0.240. The van der Waals surface area contributed by atoms with Crippen LogP contribution in [0.4, 0.5) is 21.8 Å². The van der Waals surface area contributed by atoms with Crippen molar-refractivity contribution in [3.05, 3.63) is 77.2 Å². The van der Waals surface area contributed by atoms with Crippen molar-refractivity contribution in [3.8, 4) is 0 Å². The van der Waals surface area contributed by atoms with Crippen LogP contribution in [0.5, 0.6) is 0 Å². The number of hydrogen-bond donors (Lipinski definition) is 2. The normalized spacial score (nSPS) is 10.5. The average Bonchev–Trinajstić information content (AvgIpc) is 2.56. The molecule has 24 heavy (non-hydrogen) atoms. The summed E-state index contributed by atoms with van der Waals surface area (Å²) in [5.41, 5.74) is 3.57. The lowest BCUT2D eigenvalue weighted by molar-refractivity contribution is 0.612. The zero-order valence-electron chi connectivity index (χ0n) is 13.7. The first kappa shape index (κ1) is 15.9. The Morgan fingerprint density at radius 3 is 2.46 bits per heavy atom. The van der Waals surface area contributed by atoms with Gasteiger partial charge in [0.2, 0.25) is 5.95 Å². The third-order valence-corrected chi connectivity index (χ3v) is 3.57. The standard InChI is InChI=1S/C19H19FN4/c1-13-7-9-16(10-8-13)23-18-11-14(2)22-19(24-18)21-12-15-5-3-4-6-17(15)20/h3-11H,12H2,1-2H3,(H2,21,22,23,24). The smallest absolute Gasteiger partial charge is 0.225 e. The molecule has 4 nitrogen and oxygen atoms in total. The number of anilines is 3. The van der Waals surface area contributed by atoms with E-state index in [1.165, 1.54) is 11.6 Å². The number of nitrogens with one attached hydrogen (secondary N) is 2. The molecule has 0 aliphatic heterocycles. The number of rotatable bonds is 5. The van der Waals surface area contributed by atoms with Crippen LogP contribution in [-0.2, 0) is 6.54 Å². The summed E-state index contributed by atoms with van der Waals surface area (Å²) >= 11 is 0.